The van der Waals surface area contributed by atoms with Crippen molar-refractivity contribution in [2.75, 3.05) is 13.6 Å². The molecule has 0 aromatic rings. The summed E-state index contributed by atoms with van der Waals surface area (Å²) in [5, 5.41) is 9.42. The van der Waals surface area contributed by atoms with Crippen molar-refractivity contribution in [3.05, 3.63) is 0 Å². The molecule has 0 radical (unpaired) electrons. The minimum absolute atomic E-state index is 0.0376. The lowest BCUT2D eigenvalue weighted by Crippen LogP contribution is -2.42. The van der Waals surface area contributed by atoms with Crippen LogP contribution in [0.25, 0.3) is 0 Å². The lowest BCUT2D eigenvalue weighted by atomic mass is 9.80. The van der Waals surface area contributed by atoms with Crippen LogP contribution in [0.5, 0.6) is 0 Å². The molecule has 0 aliphatic heterocycles. The van der Waals surface area contributed by atoms with E-state index in [-0.39, 0.29) is 5.91 Å². The number of carbonyl (C=O) groups excluding carboxylic acids is 1. The van der Waals surface area contributed by atoms with Crippen LogP contribution < -0.4 is 0 Å². The van der Waals surface area contributed by atoms with Crippen LogP contribution >= 0.6 is 0 Å². The molecule has 0 aromatic carbocycles. The van der Waals surface area contributed by atoms with Gasteiger partial charge in [-0.3, -0.25) is 4.79 Å². The minimum Gasteiger partial charge on any atom is -0.344 e. The van der Waals surface area contributed by atoms with Gasteiger partial charge in [-0.1, -0.05) is 39.5 Å². The predicted molar refractivity (Wildman–Crippen MR) is 68.2 cm³/mol. The molecule has 0 atom stereocenters. The highest BCUT2D eigenvalue weighted by molar-refractivity contribution is 5.85. The fourth-order valence-electron chi connectivity index (χ4n) is 2.70. The molecule has 1 fully saturated rings. The van der Waals surface area contributed by atoms with Crippen molar-refractivity contribution in [2.45, 2.75) is 52.4 Å². The average Bonchev–Trinajstić information content (AvgIpc) is 2.53. The van der Waals surface area contributed by atoms with Crippen LogP contribution in [-0.4, -0.2) is 24.4 Å². The highest BCUT2D eigenvalue weighted by Crippen LogP contribution is 2.36. The highest BCUT2D eigenvalue weighted by atomic mass is 16.2. The van der Waals surface area contributed by atoms with Crippen LogP contribution in [0.1, 0.15) is 52.4 Å². The van der Waals surface area contributed by atoms with E-state index in [2.05, 4.69) is 19.9 Å². The van der Waals surface area contributed by atoms with Crippen molar-refractivity contribution in [1.82, 2.24) is 4.90 Å². The smallest absolute Gasteiger partial charge is 0.242 e. The SMILES string of the molecule is CC(C)CN(C)C(=O)C1(C#N)CCCCCC1. The molecule has 3 nitrogen and oxygen atoms in total. The van der Waals surface area contributed by atoms with Gasteiger partial charge in [0.25, 0.3) is 0 Å². The van der Waals surface area contributed by atoms with Gasteiger partial charge in [0.05, 0.1) is 6.07 Å². The molecule has 0 spiro atoms. The molecular formula is C14H24N2O. The quantitative estimate of drug-likeness (QED) is 0.707. The molecule has 0 unspecified atom stereocenters. The first-order valence-electron chi connectivity index (χ1n) is 6.68. The Kier molecular flexibility index (Phi) is 4.99. The third kappa shape index (κ3) is 3.46. The Morgan fingerprint density at radius 1 is 1.29 bits per heavy atom. The summed E-state index contributed by atoms with van der Waals surface area (Å²) >= 11 is 0. The van der Waals surface area contributed by atoms with E-state index in [0.717, 1.165) is 45.1 Å². The fourth-order valence-corrected chi connectivity index (χ4v) is 2.70. The van der Waals surface area contributed by atoms with E-state index in [0.29, 0.717) is 5.92 Å². The van der Waals surface area contributed by atoms with E-state index in [4.69, 9.17) is 0 Å². The topological polar surface area (TPSA) is 44.1 Å². The van der Waals surface area contributed by atoms with Crippen molar-refractivity contribution >= 4 is 5.91 Å². The molecule has 1 saturated carbocycles. The maximum Gasteiger partial charge on any atom is 0.242 e. The largest absolute Gasteiger partial charge is 0.344 e. The summed E-state index contributed by atoms with van der Waals surface area (Å²) in [7, 11) is 1.83. The van der Waals surface area contributed by atoms with Crippen molar-refractivity contribution in [3.8, 4) is 6.07 Å². The number of amides is 1. The fraction of sp³-hybridized carbons (Fsp3) is 0.857. The maximum absolute atomic E-state index is 12.4. The van der Waals surface area contributed by atoms with Crippen LogP contribution in [0.2, 0.25) is 0 Å². The van der Waals surface area contributed by atoms with Crippen LogP contribution in [0, 0.1) is 22.7 Å². The number of hydrogen-bond acceptors (Lipinski definition) is 2. The molecule has 0 aromatic heterocycles. The maximum atomic E-state index is 12.4. The van der Waals surface area contributed by atoms with Gasteiger partial charge in [-0.25, -0.2) is 0 Å². The molecule has 1 rings (SSSR count). The lowest BCUT2D eigenvalue weighted by Gasteiger charge is -2.30. The molecule has 1 aliphatic rings. The number of carbonyl (C=O) groups is 1. The summed E-state index contributed by atoms with van der Waals surface area (Å²) in [6.45, 7) is 4.92. The summed E-state index contributed by atoms with van der Waals surface area (Å²) in [5.41, 5.74) is -0.736. The standard InChI is InChI=1S/C14H24N2O/c1-12(2)10-16(3)13(17)14(11-15)8-6-4-5-7-9-14/h12H,4-10H2,1-3H3. The Morgan fingerprint density at radius 3 is 2.24 bits per heavy atom. The van der Waals surface area contributed by atoms with Gasteiger partial charge < -0.3 is 4.90 Å². The van der Waals surface area contributed by atoms with Gasteiger partial charge in [0.1, 0.15) is 5.41 Å². The summed E-state index contributed by atoms with van der Waals surface area (Å²) in [4.78, 5) is 14.2. The van der Waals surface area contributed by atoms with Crippen molar-refractivity contribution in [3.63, 3.8) is 0 Å². The van der Waals surface area contributed by atoms with E-state index in [9.17, 15) is 10.1 Å². The molecule has 0 N–H and O–H groups in total. The normalized spacial score (nSPS) is 19.5. The third-order valence-electron chi connectivity index (χ3n) is 3.57. The van der Waals surface area contributed by atoms with E-state index in [1.165, 1.54) is 0 Å². The molecule has 0 bridgehead atoms. The summed E-state index contributed by atoms with van der Waals surface area (Å²) < 4.78 is 0. The average molecular weight is 236 g/mol. The third-order valence-corrected chi connectivity index (χ3v) is 3.57. The first-order chi connectivity index (χ1) is 8.02. The zero-order chi connectivity index (χ0) is 12.9. The first kappa shape index (κ1) is 14.0. The summed E-state index contributed by atoms with van der Waals surface area (Å²) in [5.74, 6) is 0.487. The monoisotopic (exact) mass is 236 g/mol. The number of rotatable bonds is 3. The molecular weight excluding hydrogens is 212 g/mol. The Labute approximate surface area is 105 Å². The van der Waals surface area contributed by atoms with Crippen LogP contribution in [0.4, 0.5) is 0 Å². The molecule has 1 amide bonds. The first-order valence-corrected chi connectivity index (χ1v) is 6.68. The molecule has 0 saturated heterocycles. The molecule has 0 heterocycles. The van der Waals surface area contributed by atoms with Crippen molar-refractivity contribution in [2.24, 2.45) is 11.3 Å². The summed E-state index contributed by atoms with van der Waals surface area (Å²) in [6, 6.07) is 2.32. The van der Waals surface area contributed by atoms with Gasteiger partial charge in [-0.05, 0) is 18.8 Å². The molecule has 1 aliphatic carbocycles. The number of nitrogens with zero attached hydrogens (tertiary/aromatic N) is 2. The van der Waals surface area contributed by atoms with E-state index < -0.39 is 5.41 Å². The van der Waals surface area contributed by atoms with Crippen molar-refractivity contribution < 1.29 is 4.79 Å². The van der Waals surface area contributed by atoms with E-state index in [1.54, 1.807) is 4.90 Å². The summed E-state index contributed by atoms with van der Waals surface area (Å²) in [6.07, 6.45) is 5.81. The molecule has 17 heavy (non-hydrogen) atoms. The van der Waals surface area contributed by atoms with E-state index in [1.807, 2.05) is 7.05 Å². The van der Waals surface area contributed by atoms with Crippen LogP contribution in [0.3, 0.4) is 0 Å². The lowest BCUT2D eigenvalue weighted by molar-refractivity contribution is -0.138. The van der Waals surface area contributed by atoms with Crippen molar-refractivity contribution in [1.29, 1.82) is 5.26 Å². The van der Waals surface area contributed by atoms with Gasteiger partial charge in [0.2, 0.25) is 5.91 Å². The second-order valence-electron chi connectivity index (χ2n) is 5.69. The van der Waals surface area contributed by atoms with Gasteiger partial charge >= 0.3 is 0 Å². The van der Waals surface area contributed by atoms with Gasteiger partial charge in [0, 0.05) is 13.6 Å². The highest BCUT2D eigenvalue weighted by Gasteiger charge is 2.40. The minimum atomic E-state index is -0.736. The second-order valence-corrected chi connectivity index (χ2v) is 5.69. The molecule has 3 heteroatoms. The Hall–Kier alpha value is -1.04. The van der Waals surface area contributed by atoms with Gasteiger partial charge in [-0.2, -0.15) is 5.26 Å². The van der Waals surface area contributed by atoms with E-state index >= 15 is 0 Å². The zero-order valence-corrected chi connectivity index (χ0v) is 11.3. The number of nitriles is 1. The van der Waals surface area contributed by atoms with Crippen LogP contribution in [0.15, 0.2) is 0 Å². The predicted octanol–water partition coefficient (Wildman–Crippen LogP) is 2.96. The zero-order valence-electron chi connectivity index (χ0n) is 11.3. The second kappa shape index (κ2) is 6.05. The Morgan fingerprint density at radius 2 is 1.82 bits per heavy atom. The Bertz CT molecular complexity index is 296. The van der Waals surface area contributed by atoms with Gasteiger partial charge in [0.15, 0.2) is 0 Å². The Balaban J connectivity index is 2.77. The van der Waals surface area contributed by atoms with Gasteiger partial charge in [-0.15, -0.1) is 0 Å². The van der Waals surface area contributed by atoms with Crippen LogP contribution in [-0.2, 0) is 4.79 Å². The molecule has 96 valence electrons. The number of hydrogen-bond donors (Lipinski definition) is 0.